The highest BCUT2D eigenvalue weighted by Crippen LogP contribution is 2.35. The molecule has 0 radical (unpaired) electrons. The summed E-state index contributed by atoms with van der Waals surface area (Å²) in [5, 5.41) is 2.98. The van der Waals surface area contributed by atoms with E-state index in [1.807, 2.05) is 43.3 Å². The molecule has 2 aromatic carbocycles. The molecule has 0 fully saturated rings. The zero-order valence-corrected chi connectivity index (χ0v) is 17.3. The lowest BCUT2D eigenvalue weighted by Crippen LogP contribution is -2.24. The molecule has 0 bridgehead atoms. The van der Waals surface area contributed by atoms with Gasteiger partial charge in [0.1, 0.15) is 17.6 Å². The second kappa shape index (κ2) is 8.82. The van der Waals surface area contributed by atoms with E-state index in [1.165, 1.54) is 17.3 Å². The second-order valence-corrected chi connectivity index (χ2v) is 8.12. The average Bonchev–Trinajstić information content (AvgIpc) is 2.98. The minimum atomic E-state index is -0.00449. The summed E-state index contributed by atoms with van der Waals surface area (Å²) in [6, 6.07) is 12.0. The Kier molecular flexibility index (Phi) is 6.48. The summed E-state index contributed by atoms with van der Waals surface area (Å²) < 4.78 is 12.6. The van der Waals surface area contributed by atoms with Gasteiger partial charge in [0.15, 0.2) is 0 Å². The lowest BCUT2D eigenvalue weighted by molar-refractivity contribution is -0.118. The summed E-state index contributed by atoms with van der Waals surface area (Å²) >= 11 is 4.93. The van der Waals surface area contributed by atoms with E-state index in [0.717, 1.165) is 32.9 Å². The molecule has 1 N–H and O–H groups in total. The van der Waals surface area contributed by atoms with E-state index in [1.54, 1.807) is 0 Å². The Labute approximate surface area is 166 Å². The molecule has 6 heteroatoms. The van der Waals surface area contributed by atoms with Crippen molar-refractivity contribution in [3.63, 3.8) is 0 Å². The molecule has 0 aliphatic carbocycles. The first kappa shape index (κ1) is 19.1. The van der Waals surface area contributed by atoms with E-state index >= 15 is 0 Å². The number of carbonyl (C=O) groups excluding carboxylic acids is 1. The molecule has 138 valence electrons. The van der Waals surface area contributed by atoms with E-state index in [4.69, 9.17) is 9.47 Å². The van der Waals surface area contributed by atoms with Crippen molar-refractivity contribution in [1.29, 1.82) is 0 Å². The first-order chi connectivity index (χ1) is 12.5. The van der Waals surface area contributed by atoms with Crippen LogP contribution in [0, 0.1) is 0 Å². The van der Waals surface area contributed by atoms with E-state index in [0.29, 0.717) is 18.9 Å². The minimum absolute atomic E-state index is 0.00449. The summed E-state index contributed by atoms with van der Waals surface area (Å²) in [5.74, 6) is 2.10. The Morgan fingerprint density at radius 3 is 2.85 bits per heavy atom. The maximum atomic E-state index is 12.2. The van der Waals surface area contributed by atoms with E-state index in [-0.39, 0.29) is 12.0 Å². The summed E-state index contributed by atoms with van der Waals surface area (Å²) in [6.45, 7) is 5.04. The number of thioether (sulfide) groups is 1. The summed E-state index contributed by atoms with van der Waals surface area (Å²) in [4.78, 5) is 13.3. The summed E-state index contributed by atoms with van der Waals surface area (Å²) in [6.07, 6.45) is 1.08. The Hall–Kier alpha value is -1.66. The van der Waals surface area contributed by atoms with Gasteiger partial charge in [0.2, 0.25) is 5.91 Å². The van der Waals surface area contributed by atoms with Crippen molar-refractivity contribution in [2.45, 2.75) is 37.8 Å². The third kappa shape index (κ3) is 4.95. The van der Waals surface area contributed by atoms with Gasteiger partial charge in [-0.05, 0) is 50.2 Å². The standard InChI is InChI=1S/C20H22BrNO3S/c1-3-24-18-9-14-8-13(2)25-19(14)10-15(18)11-22-20(23)12-26-17-6-4-16(21)5-7-17/h4-7,9-10,13H,3,8,11-12H2,1-2H3,(H,22,23). The first-order valence-electron chi connectivity index (χ1n) is 8.65. The van der Waals surface area contributed by atoms with E-state index in [9.17, 15) is 4.79 Å². The largest absolute Gasteiger partial charge is 0.494 e. The minimum Gasteiger partial charge on any atom is -0.494 e. The summed E-state index contributed by atoms with van der Waals surface area (Å²) in [5.41, 5.74) is 2.11. The second-order valence-electron chi connectivity index (χ2n) is 6.15. The lowest BCUT2D eigenvalue weighted by atomic mass is 10.1. The molecule has 2 aromatic rings. The normalized spacial score (nSPS) is 15.3. The lowest BCUT2D eigenvalue weighted by Gasteiger charge is -2.13. The van der Waals surface area contributed by atoms with Crippen LogP contribution in [0.15, 0.2) is 45.8 Å². The highest BCUT2D eigenvalue weighted by atomic mass is 79.9. The molecule has 1 unspecified atom stereocenters. The topological polar surface area (TPSA) is 47.6 Å². The Morgan fingerprint density at radius 1 is 1.35 bits per heavy atom. The van der Waals surface area contributed by atoms with Gasteiger partial charge in [0, 0.05) is 33.5 Å². The fourth-order valence-corrected chi connectivity index (χ4v) is 3.83. The first-order valence-corrected chi connectivity index (χ1v) is 10.4. The molecule has 26 heavy (non-hydrogen) atoms. The number of fused-ring (bicyclic) bond motifs is 1. The SMILES string of the molecule is CCOc1cc2c(cc1CNC(=O)CSc1ccc(Br)cc1)OC(C)C2. The molecule has 1 atom stereocenters. The maximum Gasteiger partial charge on any atom is 0.230 e. The smallest absolute Gasteiger partial charge is 0.230 e. The van der Waals surface area contributed by atoms with Gasteiger partial charge in [-0.3, -0.25) is 4.79 Å². The highest BCUT2D eigenvalue weighted by Gasteiger charge is 2.22. The van der Waals surface area contributed by atoms with E-state index < -0.39 is 0 Å². The van der Waals surface area contributed by atoms with Crippen LogP contribution in [0.5, 0.6) is 11.5 Å². The number of nitrogens with one attached hydrogen (secondary N) is 1. The van der Waals surface area contributed by atoms with Crippen LogP contribution in [-0.2, 0) is 17.8 Å². The van der Waals surface area contributed by atoms with Crippen molar-refractivity contribution in [1.82, 2.24) is 5.32 Å². The molecule has 1 aliphatic heterocycles. The van der Waals surface area contributed by atoms with Gasteiger partial charge in [-0.15, -0.1) is 11.8 Å². The van der Waals surface area contributed by atoms with Gasteiger partial charge in [-0.1, -0.05) is 15.9 Å². The predicted octanol–water partition coefficient (Wildman–Crippen LogP) is 4.58. The third-order valence-electron chi connectivity index (χ3n) is 4.04. The predicted molar refractivity (Wildman–Crippen MR) is 108 cm³/mol. The number of halogens is 1. The monoisotopic (exact) mass is 435 g/mol. The average molecular weight is 436 g/mol. The van der Waals surface area contributed by atoms with Crippen LogP contribution in [-0.4, -0.2) is 24.4 Å². The molecular weight excluding hydrogens is 414 g/mol. The number of rotatable bonds is 7. The van der Waals surface area contributed by atoms with Gasteiger partial charge < -0.3 is 14.8 Å². The molecule has 3 rings (SSSR count). The van der Waals surface area contributed by atoms with Crippen LogP contribution < -0.4 is 14.8 Å². The fraction of sp³-hybridized carbons (Fsp3) is 0.350. The van der Waals surface area contributed by atoms with E-state index in [2.05, 4.69) is 28.2 Å². The van der Waals surface area contributed by atoms with Gasteiger partial charge in [0.05, 0.1) is 12.4 Å². The zero-order chi connectivity index (χ0) is 18.5. The van der Waals surface area contributed by atoms with Crippen LogP contribution in [0.3, 0.4) is 0 Å². The maximum absolute atomic E-state index is 12.2. The van der Waals surface area contributed by atoms with Crippen LogP contribution >= 0.6 is 27.7 Å². The number of ether oxygens (including phenoxy) is 2. The van der Waals surface area contributed by atoms with Gasteiger partial charge in [-0.25, -0.2) is 0 Å². The van der Waals surface area contributed by atoms with Crippen LogP contribution in [0.25, 0.3) is 0 Å². The molecule has 0 saturated heterocycles. The molecule has 1 aliphatic rings. The van der Waals surface area contributed by atoms with Gasteiger partial charge >= 0.3 is 0 Å². The van der Waals surface area contributed by atoms with Gasteiger partial charge in [-0.2, -0.15) is 0 Å². The van der Waals surface area contributed by atoms with Crippen molar-refractivity contribution < 1.29 is 14.3 Å². The van der Waals surface area contributed by atoms with Gasteiger partial charge in [0.25, 0.3) is 0 Å². The summed E-state index contributed by atoms with van der Waals surface area (Å²) in [7, 11) is 0. The number of carbonyl (C=O) groups is 1. The molecule has 1 heterocycles. The van der Waals surface area contributed by atoms with Crippen LogP contribution in [0.2, 0.25) is 0 Å². The zero-order valence-electron chi connectivity index (χ0n) is 14.9. The highest BCUT2D eigenvalue weighted by molar-refractivity contribution is 9.10. The number of hydrogen-bond acceptors (Lipinski definition) is 4. The third-order valence-corrected chi connectivity index (χ3v) is 5.58. The Morgan fingerprint density at radius 2 is 2.12 bits per heavy atom. The Bertz CT molecular complexity index is 779. The molecule has 0 aromatic heterocycles. The quantitative estimate of drug-likeness (QED) is 0.646. The molecule has 0 spiro atoms. The van der Waals surface area contributed by atoms with Crippen molar-refractivity contribution >= 4 is 33.6 Å². The van der Waals surface area contributed by atoms with Crippen LogP contribution in [0.1, 0.15) is 25.0 Å². The number of amides is 1. The molecule has 4 nitrogen and oxygen atoms in total. The number of benzene rings is 2. The van der Waals surface area contributed by atoms with Crippen molar-refractivity contribution in [2.75, 3.05) is 12.4 Å². The van der Waals surface area contributed by atoms with Crippen molar-refractivity contribution in [3.05, 3.63) is 52.0 Å². The molecule has 0 saturated carbocycles. The fourth-order valence-electron chi connectivity index (χ4n) is 2.83. The van der Waals surface area contributed by atoms with Crippen molar-refractivity contribution in [2.24, 2.45) is 0 Å². The van der Waals surface area contributed by atoms with Crippen molar-refractivity contribution in [3.8, 4) is 11.5 Å². The Balaban J connectivity index is 1.58. The van der Waals surface area contributed by atoms with Crippen LogP contribution in [0.4, 0.5) is 0 Å². The number of hydrogen-bond donors (Lipinski definition) is 1. The molecular formula is C20H22BrNO3S. The molecule has 1 amide bonds.